The Hall–Kier alpha value is -1.15. The maximum absolute atomic E-state index is 5.54. The molecule has 0 unspecified atom stereocenters. The summed E-state index contributed by atoms with van der Waals surface area (Å²) in [4.78, 5) is 0. The van der Waals surface area contributed by atoms with E-state index in [-0.39, 0.29) is 0 Å². The summed E-state index contributed by atoms with van der Waals surface area (Å²) in [6.07, 6.45) is 0. The quantitative estimate of drug-likeness (QED) is 0.721. The van der Waals surface area contributed by atoms with Crippen LogP contribution in [-0.2, 0) is 11.5 Å². The van der Waals surface area contributed by atoms with Crippen LogP contribution in [-0.4, -0.2) is 7.11 Å². The van der Waals surface area contributed by atoms with E-state index in [4.69, 9.17) is 4.74 Å². The second kappa shape index (κ2) is 3.46. The molecule has 0 aromatic carbocycles. The van der Waals surface area contributed by atoms with Gasteiger partial charge in [-0.3, -0.25) is 0 Å². The lowest BCUT2D eigenvalue weighted by Gasteiger charge is -2.02. The van der Waals surface area contributed by atoms with Crippen LogP contribution in [0.15, 0.2) is 30.3 Å². The zero-order valence-corrected chi connectivity index (χ0v) is 9.43. The molecule has 2 heteroatoms. The highest BCUT2D eigenvalue weighted by Gasteiger charge is 2.26. The Morgan fingerprint density at radius 1 is 1.00 bits per heavy atom. The Morgan fingerprint density at radius 3 is 2.53 bits per heavy atom. The molecule has 0 N–H and O–H groups in total. The fourth-order valence-electron chi connectivity index (χ4n) is 2.28. The fourth-order valence-corrected chi connectivity index (χ4v) is 3.42. The Morgan fingerprint density at radius 2 is 1.73 bits per heavy atom. The molecule has 0 saturated carbocycles. The SMILES string of the molecule is COc1c2cccccc-2c2c1CSC2. The average molecular weight is 216 g/mol. The molecule has 3 aliphatic rings. The van der Waals surface area contributed by atoms with Gasteiger partial charge in [-0.1, -0.05) is 30.3 Å². The van der Waals surface area contributed by atoms with Crippen molar-refractivity contribution in [2.75, 3.05) is 7.11 Å². The minimum Gasteiger partial charge on any atom is -0.496 e. The van der Waals surface area contributed by atoms with Crippen LogP contribution >= 0.6 is 11.8 Å². The van der Waals surface area contributed by atoms with Crippen LogP contribution in [0.25, 0.3) is 11.1 Å². The fraction of sp³-hybridized carbons (Fsp3) is 0.231. The standard InChI is InChI=1S/C13H12OS/c1-14-13-10-6-4-2-3-5-9(10)11-7-15-8-12(11)13/h2-6H,7-8H2,1H3. The van der Waals surface area contributed by atoms with Crippen molar-refractivity contribution in [2.24, 2.45) is 0 Å². The third-order valence-electron chi connectivity index (χ3n) is 2.94. The predicted octanol–water partition coefficient (Wildman–Crippen LogP) is 3.55. The highest BCUT2D eigenvalue weighted by Crippen LogP contribution is 2.48. The summed E-state index contributed by atoms with van der Waals surface area (Å²) >= 11 is 1.97. The zero-order chi connectivity index (χ0) is 10.3. The van der Waals surface area contributed by atoms with Crippen molar-refractivity contribution in [1.82, 2.24) is 0 Å². The van der Waals surface area contributed by atoms with E-state index < -0.39 is 0 Å². The minimum absolute atomic E-state index is 1.08. The third-order valence-corrected chi connectivity index (χ3v) is 3.93. The Balaban J connectivity index is 2.36. The molecule has 1 heterocycles. The molecule has 1 aliphatic heterocycles. The molecular weight excluding hydrogens is 204 g/mol. The van der Waals surface area contributed by atoms with Crippen molar-refractivity contribution < 1.29 is 4.74 Å². The Labute approximate surface area is 93.8 Å². The van der Waals surface area contributed by atoms with Gasteiger partial charge in [-0.25, -0.2) is 0 Å². The molecule has 2 aliphatic carbocycles. The first-order valence-electron chi connectivity index (χ1n) is 5.06. The van der Waals surface area contributed by atoms with Crippen molar-refractivity contribution in [3.8, 4) is 16.9 Å². The first kappa shape index (κ1) is 9.10. The van der Waals surface area contributed by atoms with Crippen LogP contribution in [0.5, 0.6) is 5.75 Å². The van der Waals surface area contributed by atoms with Crippen LogP contribution in [0.4, 0.5) is 0 Å². The van der Waals surface area contributed by atoms with Crippen molar-refractivity contribution in [1.29, 1.82) is 0 Å². The lowest BCUT2D eigenvalue weighted by Crippen LogP contribution is -1.84. The van der Waals surface area contributed by atoms with E-state index >= 15 is 0 Å². The summed E-state index contributed by atoms with van der Waals surface area (Å²) in [5.41, 5.74) is 5.50. The summed E-state index contributed by atoms with van der Waals surface area (Å²) in [6.45, 7) is 0. The van der Waals surface area contributed by atoms with Crippen LogP contribution in [0.2, 0.25) is 0 Å². The van der Waals surface area contributed by atoms with Crippen LogP contribution < -0.4 is 4.74 Å². The van der Waals surface area contributed by atoms with Crippen molar-refractivity contribution in [3.05, 3.63) is 41.5 Å². The number of rotatable bonds is 1. The number of methoxy groups -OCH3 is 1. The van der Waals surface area contributed by atoms with E-state index in [2.05, 4.69) is 30.3 Å². The molecule has 15 heavy (non-hydrogen) atoms. The lowest BCUT2D eigenvalue weighted by atomic mass is 10.1. The van der Waals surface area contributed by atoms with Crippen molar-refractivity contribution >= 4 is 11.8 Å². The molecule has 3 rings (SSSR count). The molecule has 1 nitrogen and oxygen atoms in total. The van der Waals surface area contributed by atoms with Crippen LogP contribution in [0, 0.1) is 0 Å². The van der Waals surface area contributed by atoms with E-state index in [0.717, 1.165) is 17.3 Å². The van der Waals surface area contributed by atoms with Gasteiger partial charge in [0.2, 0.25) is 0 Å². The van der Waals surface area contributed by atoms with E-state index in [1.807, 2.05) is 11.8 Å². The van der Waals surface area contributed by atoms with E-state index in [1.54, 1.807) is 7.11 Å². The van der Waals surface area contributed by atoms with Gasteiger partial charge < -0.3 is 4.74 Å². The average Bonchev–Trinajstić information content (AvgIpc) is 2.72. The van der Waals surface area contributed by atoms with Gasteiger partial charge >= 0.3 is 0 Å². The Kier molecular flexibility index (Phi) is 2.10. The van der Waals surface area contributed by atoms with Gasteiger partial charge in [0.25, 0.3) is 0 Å². The molecular formula is C13H12OS. The number of ether oxygens (including phenoxy) is 1. The van der Waals surface area contributed by atoms with Gasteiger partial charge in [0.05, 0.1) is 7.11 Å². The van der Waals surface area contributed by atoms with Crippen molar-refractivity contribution in [2.45, 2.75) is 11.5 Å². The normalized spacial score (nSPS) is 14.2. The third kappa shape index (κ3) is 1.25. The van der Waals surface area contributed by atoms with Crippen molar-refractivity contribution in [3.63, 3.8) is 0 Å². The number of hydrogen-bond donors (Lipinski definition) is 0. The molecule has 0 atom stereocenters. The molecule has 0 amide bonds. The highest BCUT2D eigenvalue weighted by molar-refractivity contribution is 7.98. The predicted molar refractivity (Wildman–Crippen MR) is 64.6 cm³/mol. The molecule has 0 aromatic rings. The highest BCUT2D eigenvalue weighted by atomic mass is 32.2. The maximum atomic E-state index is 5.54. The summed E-state index contributed by atoms with van der Waals surface area (Å²) in [5.74, 6) is 3.30. The maximum Gasteiger partial charge on any atom is 0.131 e. The Bertz CT molecular complexity index is 478. The molecule has 0 fully saturated rings. The van der Waals surface area contributed by atoms with E-state index in [1.165, 1.54) is 22.3 Å². The number of hydrogen-bond acceptors (Lipinski definition) is 2. The summed E-state index contributed by atoms with van der Waals surface area (Å²) in [7, 11) is 1.77. The number of fused-ring (bicyclic) bond motifs is 3. The molecule has 0 radical (unpaired) electrons. The van der Waals surface area contributed by atoms with Gasteiger partial charge in [0.1, 0.15) is 5.75 Å². The van der Waals surface area contributed by atoms with Crippen LogP contribution in [0.3, 0.4) is 0 Å². The second-order valence-electron chi connectivity index (χ2n) is 3.72. The molecule has 76 valence electrons. The first-order chi connectivity index (χ1) is 7.42. The van der Waals surface area contributed by atoms with Gasteiger partial charge in [-0.05, 0) is 11.1 Å². The summed E-state index contributed by atoms with van der Waals surface area (Å²) < 4.78 is 5.54. The smallest absolute Gasteiger partial charge is 0.131 e. The molecule has 0 aromatic heterocycles. The van der Waals surface area contributed by atoms with Gasteiger partial charge in [0, 0.05) is 22.6 Å². The van der Waals surface area contributed by atoms with Gasteiger partial charge in [-0.2, -0.15) is 11.8 Å². The lowest BCUT2D eigenvalue weighted by molar-refractivity contribution is 0.414. The molecule has 0 bridgehead atoms. The topological polar surface area (TPSA) is 9.23 Å². The molecule has 0 spiro atoms. The van der Waals surface area contributed by atoms with E-state index in [0.29, 0.717) is 0 Å². The van der Waals surface area contributed by atoms with Crippen LogP contribution in [0.1, 0.15) is 11.1 Å². The molecule has 0 saturated heterocycles. The first-order valence-corrected chi connectivity index (χ1v) is 6.21. The summed E-state index contributed by atoms with van der Waals surface area (Å²) in [5, 5.41) is 0. The number of thioether (sulfide) groups is 1. The largest absolute Gasteiger partial charge is 0.496 e. The monoisotopic (exact) mass is 216 g/mol. The zero-order valence-electron chi connectivity index (χ0n) is 8.62. The van der Waals surface area contributed by atoms with E-state index in [9.17, 15) is 0 Å². The van der Waals surface area contributed by atoms with Gasteiger partial charge in [0.15, 0.2) is 0 Å². The minimum atomic E-state index is 1.08. The van der Waals surface area contributed by atoms with Gasteiger partial charge in [-0.15, -0.1) is 0 Å². The summed E-state index contributed by atoms with van der Waals surface area (Å²) in [6, 6.07) is 10.6. The second-order valence-corrected chi connectivity index (χ2v) is 4.71.